The summed E-state index contributed by atoms with van der Waals surface area (Å²) in [4.78, 5) is 15.1. The Balaban J connectivity index is 1.55. The summed E-state index contributed by atoms with van der Waals surface area (Å²) in [5.74, 6) is 1.75. The van der Waals surface area contributed by atoms with Crippen LogP contribution in [0.25, 0.3) is 5.69 Å². The van der Waals surface area contributed by atoms with Gasteiger partial charge < -0.3 is 15.4 Å². The lowest BCUT2D eigenvalue weighted by molar-refractivity contribution is 0.0772. The SMILES string of the molecule is CCc1c(C(=O)N2CC3CCC(N)C3C2)nnn1-c1ccc(OC(C)C)cc1. The molecule has 1 aromatic heterocycles. The Kier molecular flexibility index (Phi) is 5.10. The Hall–Kier alpha value is -2.41. The van der Waals surface area contributed by atoms with Crippen molar-refractivity contribution in [1.82, 2.24) is 19.9 Å². The molecular weight excluding hydrogens is 354 g/mol. The number of nitrogens with zero attached hydrogens (tertiary/aromatic N) is 4. The molecule has 3 atom stereocenters. The first kappa shape index (κ1) is 18.9. The smallest absolute Gasteiger partial charge is 0.276 e. The minimum atomic E-state index is -0.0236. The Bertz CT molecular complexity index is 845. The van der Waals surface area contributed by atoms with E-state index < -0.39 is 0 Å². The van der Waals surface area contributed by atoms with E-state index in [9.17, 15) is 4.79 Å². The van der Waals surface area contributed by atoms with Crippen LogP contribution in [0.5, 0.6) is 5.75 Å². The van der Waals surface area contributed by atoms with E-state index in [4.69, 9.17) is 10.5 Å². The van der Waals surface area contributed by atoms with Crippen LogP contribution in [0.3, 0.4) is 0 Å². The number of benzene rings is 1. The summed E-state index contributed by atoms with van der Waals surface area (Å²) in [5.41, 5.74) is 8.39. The van der Waals surface area contributed by atoms with Gasteiger partial charge >= 0.3 is 0 Å². The third-order valence-electron chi connectivity index (χ3n) is 5.95. The van der Waals surface area contributed by atoms with Crippen LogP contribution in [-0.2, 0) is 6.42 Å². The van der Waals surface area contributed by atoms with Gasteiger partial charge in [-0.2, -0.15) is 0 Å². The molecule has 28 heavy (non-hydrogen) atoms. The zero-order valence-electron chi connectivity index (χ0n) is 16.8. The van der Waals surface area contributed by atoms with E-state index in [1.807, 2.05) is 49.9 Å². The van der Waals surface area contributed by atoms with E-state index in [0.29, 0.717) is 24.0 Å². The number of nitrogens with two attached hydrogens (primary N) is 1. The Morgan fingerprint density at radius 3 is 2.64 bits per heavy atom. The van der Waals surface area contributed by atoms with E-state index in [-0.39, 0.29) is 18.1 Å². The van der Waals surface area contributed by atoms with Gasteiger partial charge in [0.2, 0.25) is 0 Å². The maximum absolute atomic E-state index is 13.1. The number of fused-ring (bicyclic) bond motifs is 1. The second kappa shape index (κ2) is 7.54. The van der Waals surface area contributed by atoms with Gasteiger partial charge in [-0.25, -0.2) is 4.68 Å². The summed E-state index contributed by atoms with van der Waals surface area (Å²) in [6.45, 7) is 7.54. The van der Waals surface area contributed by atoms with Gasteiger partial charge in [0.1, 0.15) is 5.75 Å². The van der Waals surface area contributed by atoms with Crippen molar-refractivity contribution in [2.45, 2.75) is 52.2 Å². The molecule has 2 fully saturated rings. The average Bonchev–Trinajstić information content (AvgIpc) is 3.37. The summed E-state index contributed by atoms with van der Waals surface area (Å²) in [6.07, 6.45) is 3.00. The van der Waals surface area contributed by atoms with E-state index in [1.54, 1.807) is 4.68 Å². The van der Waals surface area contributed by atoms with Gasteiger partial charge in [0.15, 0.2) is 5.69 Å². The molecule has 4 rings (SSSR count). The number of rotatable bonds is 5. The third-order valence-corrected chi connectivity index (χ3v) is 5.95. The summed E-state index contributed by atoms with van der Waals surface area (Å²) in [5, 5.41) is 8.53. The lowest BCUT2D eigenvalue weighted by atomic mass is 9.98. The number of aromatic nitrogens is 3. The first-order valence-electron chi connectivity index (χ1n) is 10.2. The molecule has 0 spiro atoms. The molecule has 2 aliphatic rings. The molecule has 1 aromatic carbocycles. The highest BCUT2D eigenvalue weighted by molar-refractivity contribution is 5.93. The van der Waals surface area contributed by atoms with Gasteiger partial charge in [0, 0.05) is 19.1 Å². The number of carbonyl (C=O) groups excluding carboxylic acids is 1. The molecule has 2 N–H and O–H groups in total. The minimum Gasteiger partial charge on any atom is -0.491 e. The number of ether oxygens (including phenoxy) is 1. The highest BCUT2D eigenvalue weighted by atomic mass is 16.5. The fourth-order valence-corrected chi connectivity index (χ4v) is 4.55. The molecule has 2 heterocycles. The monoisotopic (exact) mass is 383 g/mol. The van der Waals surface area contributed by atoms with Gasteiger partial charge in [-0.3, -0.25) is 4.79 Å². The quantitative estimate of drug-likeness (QED) is 0.857. The number of hydrogen-bond acceptors (Lipinski definition) is 5. The van der Waals surface area contributed by atoms with Gasteiger partial charge in [-0.05, 0) is 69.2 Å². The fraction of sp³-hybridized carbons (Fsp3) is 0.571. The standard InChI is InChI=1S/C21H29N5O2/c1-4-19-20(21(27)25-11-14-5-10-18(22)17(14)12-25)23-24-26(19)15-6-8-16(9-7-15)28-13(2)3/h6-9,13-14,17-18H,4-5,10-12,22H2,1-3H3. The highest BCUT2D eigenvalue weighted by Crippen LogP contribution is 2.37. The van der Waals surface area contributed by atoms with Crippen molar-refractivity contribution in [1.29, 1.82) is 0 Å². The van der Waals surface area contributed by atoms with Gasteiger partial charge in [-0.1, -0.05) is 12.1 Å². The first-order chi connectivity index (χ1) is 13.5. The van der Waals surface area contributed by atoms with Crippen LogP contribution >= 0.6 is 0 Å². The second-order valence-corrected chi connectivity index (χ2v) is 8.19. The lowest BCUT2D eigenvalue weighted by Crippen LogP contribution is -2.34. The lowest BCUT2D eigenvalue weighted by Gasteiger charge is -2.18. The minimum absolute atomic E-state index is 0.0236. The molecule has 1 saturated carbocycles. The maximum atomic E-state index is 13.1. The van der Waals surface area contributed by atoms with Crippen molar-refractivity contribution in [3.05, 3.63) is 35.7 Å². The maximum Gasteiger partial charge on any atom is 0.276 e. The number of likely N-dealkylation sites (tertiary alicyclic amines) is 1. The zero-order valence-corrected chi connectivity index (χ0v) is 16.8. The van der Waals surface area contributed by atoms with Crippen LogP contribution in [0, 0.1) is 11.8 Å². The zero-order chi connectivity index (χ0) is 19.8. The van der Waals surface area contributed by atoms with Crippen LogP contribution < -0.4 is 10.5 Å². The molecule has 7 nitrogen and oxygen atoms in total. The summed E-state index contributed by atoms with van der Waals surface area (Å²) >= 11 is 0. The van der Waals surface area contributed by atoms with Crippen molar-refractivity contribution < 1.29 is 9.53 Å². The Morgan fingerprint density at radius 2 is 2.00 bits per heavy atom. The molecule has 2 aromatic rings. The average molecular weight is 383 g/mol. The normalized spacial score (nSPS) is 24.0. The molecule has 1 amide bonds. The van der Waals surface area contributed by atoms with E-state index in [2.05, 4.69) is 10.3 Å². The molecule has 7 heteroatoms. The Labute approximate surface area is 165 Å². The van der Waals surface area contributed by atoms with Crippen LogP contribution in [-0.4, -0.2) is 51.0 Å². The van der Waals surface area contributed by atoms with E-state index in [1.165, 1.54) is 0 Å². The molecule has 1 aliphatic heterocycles. The van der Waals surface area contributed by atoms with Crippen molar-refractivity contribution in [3.8, 4) is 11.4 Å². The topological polar surface area (TPSA) is 86.3 Å². The first-order valence-corrected chi connectivity index (χ1v) is 10.2. The van der Waals surface area contributed by atoms with E-state index >= 15 is 0 Å². The predicted octanol–water partition coefficient (Wildman–Crippen LogP) is 2.43. The van der Waals surface area contributed by atoms with Crippen LogP contribution in [0.2, 0.25) is 0 Å². The van der Waals surface area contributed by atoms with Crippen molar-refractivity contribution >= 4 is 5.91 Å². The number of carbonyl (C=O) groups is 1. The van der Waals surface area contributed by atoms with Crippen LogP contribution in [0.4, 0.5) is 0 Å². The molecular formula is C21H29N5O2. The van der Waals surface area contributed by atoms with Crippen molar-refractivity contribution in [3.63, 3.8) is 0 Å². The summed E-state index contributed by atoms with van der Waals surface area (Å²) < 4.78 is 7.46. The summed E-state index contributed by atoms with van der Waals surface area (Å²) in [6, 6.07) is 7.94. The van der Waals surface area contributed by atoms with Crippen molar-refractivity contribution in [2.24, 2.45) is 17.6 Å². The second-order valence-electron chi connectivity index (χ2n) is 8.19. The van der Waals surface area contributed by atoms with Gasteiger partial charge in [-0.15, -0.1) is 5.10 Å². The van der Waals surface area contributed by atoms with E-state index in [0.717, 1.165) is 43.1 Å². The molecule has 0 bridgehead atoms. The van der Waals surface area contributed by atoms with Crippen LogP contribution in [0.1, 0.15) is 49.8 Å². The van der Waals surface area contributed by atoms with Gasteiger partial charge in [0.25, 0.3) is 5.91 Å². The number of amides is 1. The molecule has 0 radical (unpaired) electrons. The fourth-order valence-electron chi connectivity index (χ4n) is 4.55. The summed E-state index contributed by atoms with van der Waals surface area (Å²) in [7, 11) is 0. The van der Waals surface area contributed by atoms with Gasteiger partial charge in [0.05, 0.1) is 17.5 Å². The third kappa shape index (κ3) is 3.39. The Morgan fingerprint density at radius 1 is 1.25 bits per heavy atom. The molecule has 1 aliphatic carbocycles. The molecule has 1 saturated heterocycles. The molecule has 150 valence electrons. The molecule has 3 unspecified atom stereocenters. The number of hydrogen-bond donors (Lipinski definition) is 1. The van der Waals surface area contributed by atoms with Crippen molar-refractivity contribution in [2.75, 3.05) is 13.1 Å². The van der Waals surface area contributed by atoms with Crippen LogP contribution in [0.15, 0.2) is 24.3 Å². The predicted molar refractivity (Wildman–Crippen MR) is 107 cm³/mol. The highest BCUT2D eigenvalue weighted by Gasteiger charge is 2.43. The largest absolute Gasteiger partial charge is 0.491 e.